The molecule has 0 atom stereocenters. The van der Waals surface area contributed by atoms with Crippen LogP contribution in [0.25, 0.3) is 10.9 Å². The highest BCUT2D eigenvalue weighted by atomic mass is 16.2. The van der Waals surface area contributed by atoms with Gasteiger partial charge >= 0.3 is 0 Å². The summed E-state index contributed by atoms with van der Waals surface area (Å²) in [5.74, 6) is 0.158. The van der Waals surface area contributed by atoms with Crippen molar-refractivity contribution < 1.29 is 9.59 Å². The number of anilines is 2. The number of nitrogens with zero attached hydrogens (tertiary/aromatic N) is 1. The summed E-state index contributed by atoms with van der Waals surface area (Å²) in [6, 6.07) is 15.2. The van der Waals surface area contributed by atoms with Crippen LogP contribution in [0.1, 0.15) is 29.7 Å². The van der Waals surface area contributed by atoms with Crippen molar-refractivity contribution in [2.75, 3.05) is 10.6 Å². The van der Waals surface area contributed by atoms with Crippen LogP contribution in [-0.2, 0) is 16.0 Å². The monoisotopic (exact) mass is 373 g/mol. The molecule has 1 fully saturated rings. The third-order valence-electron chi connectivity index (χ3n) is 5.21. The van der Waals surface area contributed by atoms with Gasteiger partial charge in [-0.15, -0.1) is 0 Å². The van der Waals surface area contributed by atoms with Gasteiger partial charge in [0.25, 0.3) is 0 Å². The third-order valence-corrected chi connectivity index (χ3v) is 5.21. The Hall–Kier alpha value is -3.21. The molecule has 1 aliphatic carbocycles. The average Bonchev–Trinajstić information content (AvgIpc) is 3.52. The molecule has 3 aromatic rings. The Kier molecular flexibility index (Phi) is 4.82. The number of rotatable bonds is 5. The highest BCUT2D eigenvalue weighted by Gasteiger charge is 2.29. The lowest BCUT2D eigenvalue weighted by atomic mass is 9.99. The maximum Gasteiger partial charge on any atom is 0.228 e. The molecule has 28 heavy (non-hydrogen) atoms. The molecular weight excluding hydrogens is 350 g/mol. The van der Waals surface area contributed by atoms with Crippen LogP contribution in [0.5, 0.6) is 0 Å². The number of benzene rings is 2. The number of aromatic nitrogens is 1. The lowest BCUT2D eigenvalue weighted by Gasteiger charge is -2.13. The number of hydrogen-bond donors (Lipinski definition) is 2. The first-order valence-electron chi connectivity index (χ1n) is 9.57. The van der Waals surface area contributed by atoms with Crippen molar-refractivity contribution in [3.05, 3.63) is 65.4 Å². The molecule has 4 rings (SSSR count). The minimum atomic E-state index is -0.0851. The zero-order chi connectivity index (χ0) is 19.7. The molecule has 1 aliphatic rings. The Morgan fingerprint density at radius 1 is 0.964 bits per heavy atom. The van der Waals surface area contributed by atoms with Gasteiger partial charge in [-0.1, -0.05) is 18.2 Å². The highest BCUT2D eigenvalue weighted by molar-refractivity contribution is 5.96. The van der Waals surface area contributed by atoms with Crippen LogP contribution in [0, 0.1) is 19.8 Å². The van der Waals surface area contributed by atoms with Gasteiger partial charge in [-0.3, -0.25) is 14.6 Å². The van der Waals surface area contributed by atoms with E-state index in [0.29, 0.717) is 5.69 Å². The van der Waals surface area contributed by atoms with E-state index < -0.39 is 0 Å². The Bertz CT molecular complexity index is 1050. The molecule has 5 nitrogen and oxygen atoms in total. The van der Waals surface area contributed by atoms with E-state index in [-0.39, 0.29) is 24.2 Å². The topological polar surface area (TPSA) is 71.1 Å². The van der Waals surface area contributed by atoms with E-state index in [1.54, 1.807) is 12.1 Å². The van der Waals surface area contributed by atoms with Crippen LogP contribution in [0.2, 0.25) is 0 Å². The molecule has 1 heterocycles. The van der Waals surface area contributed by atoms with Crippen LogP contribution in [-0.4, -0.2) is 16.8 Å². The summed E-state index contributed by atoms with van der Waals surface area (Å²) in [5.41, 5.74) is 5.34. The van der Waals surface area contributed by atoms with Crippen LogP contribution in [0.3, 0.4) is 0 Å². The first kappa shape index (κ1) is 18.2. The van der Waals surface area contributed by atoms with Gasteiger partial charge in [-0.2, -0.15) is 0 Å². The van der Waals surface area contributed by atoms with Crippen molar-refractivity contribution >= 4 is 34.1 Å². The molecule has 2 aromatic carbocycles. The first-order chi connectivity index (χ1) is 13.5. The van der Waals surface area contributed by atoms with Crippen molar-refractivity contribution in [1.82, 2.24) is 4.98 Å². The summed E-state index contributed by atoms with van der Waals surface area (Å²) in [4.78, 5) is 29.0. The summed E-state index contributed by atoms with van der Waals surface area (Å²) in [7, 11) is 0. The van der Waals surface area contributed by atoms with Crippen LogP contribution >= 0.6 is 0 Å². The molecule has 0 unspecified atom stereocenters. The number of hydrogen-bond acceptors (Lipinski definition) is 3. The van der Waals surface area contributed by atoms with Crippen LogP contribution in [0.15, 0.2) is 48.5 Å². The highest BCUT2D eigenvalue weighted by Crippen LogP contribution is 2.30. The summed E-state index contributed by atoms with van der Waals surface area (Å²) in [5, 5.41) is 6.90. The van der Waals surface area contributed by atoms with E-state index in [1.165, 1.54) is 0 Å². The number of carbonyl (C=O) groups excluding carboxylic acids is 2. The number of nitrogens with one attached hydrogen (secondary N) is 2. The quantitative estimate of drug-likeness (QED) is 0.697. The van der Waals surface area contributed by atoms with Crippen molar-refractivity contribution in [1.29, 1.82) is 0 Å². The maximum atomic E-state index is 12.6. The fourth-order valence-corrected chi connectivity index (χ4v) is 3.42. The fraction of sp³-hybridized carbons (Fsp3) is 0.261. The first-order valence-corrected chi connectivity index (χ1v) is 9.57. The normalized spacial score (nSPS) is 13.4. The van der Waals surface area contributed by atoms with E-state index in [0.717, 1.165) is 46.3 Å². The number of aryl methyl sites for hydroxylation is 2. The Morgan fingerprint density at radius 2 is 1.61 bits per heavy atom. The van der Waals surface area contributed by atoms with E-state index in [4.69, 9.17) is 0 Å². The van der Waals surface area contributed by atoms with Crippen molar-refractivity contribution in [3.8, 4) is 0 Å². The summed E-state index contributed by atoms with van der Waals surface area (Å²) >= 11 is 0. The van der Waals surface area contributed by atoms with Crippen LogP contribution in [0.4, 0.5) is 11.4 Å². The lowest BCUT2D eigenvalue weighted by Crippen LogP contribution is -2.17. The molecule has 2 amide bonds. The van der Waals surface area contributed by atoms with E-state index in [1.807, 2.05) is 50.2 Å². The summed E-state index contributed by atoms with van der Waals surface area (Å²) in [6.07, 6.45) is 2.22. The Labute approximate surface area is 164 Å². The predicted octanol–water partition coefficient (Wildman–Crippen LogP) is 4.38. The van der Waals surface area contributed by atoms with Gasteiger partial charge in [0, 0.05) is 28.4 Å². The van der Waals surface area contributed by atoms with Gasteiger partial charge in [-0.25, -0.2) is 0 Å². The second-order valence-corrected chi connectivity index (χ2v) is 7.38. The van der Waals surface area contributed by atoms with Crippen molar-refractivity contribution in [2.24, 2.45) is 5.92 Å². The molecule has 1 aromatic heterocycles. The SMILES string of the molecule is Cc1nc2ccccc2c(C)c1CC(=O)Nc1ccc(NC(=O)C2CC2)cc1. The molecule has 1 saturated carbocycles. The Morgan fingerprint density at radius 3 is 2.29 bits per heavy atom. The van der Waals surface area contributed by atoms with Crippen LogP contribution < -0.4 is 10.6 Å². The molecular formula is C23H23N3O2. The summed E-state index contributed by atoms with van der Waals surface area (Å²) in [6.45, 7) is 3.98. The van der Waals surface area contributed by atoms with Gasteiger partial charge < -0.3 is 10.6 Å². The molecule has 142 valence electrons. The summed E-state index contributed by atoms with van der Waals surface area (Å²) < 4.78 is 0. The minimum absolute atomic E-state index is 0.0755. The molecule has 0 bridgehead atoms. The third kappa shape index (κ3) is 3.88. The van der Waals surface area contributed by atoms with E-state index in [2.05, 4.69) is 15.6 Å². The van der Waals surface area contributed by atoms with Gasteiger partial charge in [-0.05, 0) is 68.1 Å². The van der Waals surface area contributed by atoms with Crippen molar-refractivity contribution in [2.45, 2.75) is 33.1 Å². The largest absolute Gasteiger partial charge is 0.326 e. The number of amides is 2. The molecule has 0 aliphatic heterocycles. The van der Waals surface area contributed by atoms with Crippen molar-refractivity contribution in [3.63, 3.8) is 0 Å². The number of pyridine rings is 1. The standard InChI is InChI=1S/C23H23N3O2/c1-14-19-5-3-4-6-21(19)24-15(2)20(14)13-22(27)25-17-9-11-18(12-10-17)26-23(28)16-7-8-16/h3-6,9-12,16H,7-8,13H2,1-2H3,(H,25,27)(H,26,28). The molecule has 5 heteroatoms. The number of carbonyl (C=O) groups is 2. The average molecular weight is 373 g/mol. The lowest BCUT2D eigenvalue weighted by molar-refractivity contribution is -0.117. The van der Waals surface area contributed by atoms with E-state index in [9.17, 15) is 9.59 Å². The predicted molar refractivity (Wildman–Crippen MR) is 111 cm³/mol. The number of fused-ring (bicyclic) bond motifs is 1. The zero-order valence-corrected chi connectivity index (χ0v) is 16.1. The second-order valence-electron chi connectivity index (χ2n) is 7.38. The fourth-order valence-electron chi connectivity index (χ4n) is 3.42. The zero-order valence-electron chi connectivity index (χ0n) is 16.1. The number of para-hydroxylation sites is 1. The van der Waals surface area contributed by atoms with E-state index >= 15 is 0 Å². The smallest absolute Gasteiger partial charge is 0.228 e. The Balaban J connectivity index is 1.44. The molecule has 0 saturated heterocycles. The second kappa shape index (κ2) is 7.43. The van der Waals surface area contributed by atoms with Gasteiger partial charge in [0.05, 0.1) is 11.9 Å². The van der Waals surface area contributed by atoms with Gasteiger partial charge in [0.1, 0.15) is 0 Å². The maximum absolute atomic E-state index is 12.6. The van der Waals surface area contributed by atoms with Gasteiger partial charge in [0.15, 0.2) is 0 Å². The molecule has 0 radical (unpaired) electrons. The molecule has 2 N–H and O–H groups in total. The van der Waals surface area contributed by atoms with Gasteiger partial charge in [0.2, 0.25) is 11.8 Å². The minimum Gasteiger partial charge on any atom is -0.326 e. The molecule has 0 spiro atoms.